The first kappa shape index (κ1) is 15.2. The molecule has 0 aliphatic heterocycles. The number of ether oxygens (including phenoxy) is 1. The summed E-state index contributed by atoms with van der Waals surface area (Å²) < 4.78 is 5.39. The van der Waals surface area contributed by atoms with Gasteiger partial charge in [0, 0.05) is 19.3 Å². The van der Waals surface area contributed by atoms with Crippen molar-refractivity contribution in [3.63, 3.8) is 0 Å². The molecule has 2 nitrogen and oxygen atoms in total. The van der Waals surface area contributed by atoms with Crippen molar-refractivity contribution in [2.75, 3.05) is 20.3 Å². The van der Waals surface area contributed by atoms with E-state index < -0.39 is 0 Å². The van der Waals surface area contributed by atoms with E-state index in [-0.39, 0.29) is 0 Å². The molecule has 102 valence electrons. The Bertz CT molecular complexity index is 329. The molecule has 0 saturated heterocycles. The Morgan fingerprint density at radius 1 is 1.17 bits per heavy atom. The Labute approximate surface area is 112 Å². The molecule has 1 aromatic rings. The van der Waals surface area contributed by atoms with E-state index in [9.17, 15) is 0 Å². The largest absolute Gasteiger partial charge is 0.382 e. The fraction of sp³-hybridized carbons (Fsp3) is 0.625. The smallest absolute Gasteiger partial charge is 0.0466 e. The van der Waals surface area contributed by atoms with Gasteiger partial charge in [-0.15, -0.1) is 0 Å². The summed E-state index contributed by atoms with van der Waals surface area (Å²) in [7, 11) is 2.05. The molecule has 1 unspecified atom stereocenters. The van der Waals surface area contributed by atoms with Crippen molar-refractivity contribution in [2.45, 2.75) is 46.1 Å². The van der Waals surface area contributed by atoms with E-state index >= 15 is 0 Å². The lowest BCUT2D eigenvalue weighted by atomic mass is 9.99. The number of nitrogens with one attached hydrogen (secondary N) is 1. The van der Waals surface area contributed by atoms with E-state index in [1.807, 2.05) is 14.0 Å². The van der Waals surface area contributed by atoms with Gasteiger partial charge in [-0.2, -0.15) is 0 Å². The van der Waals surface area contributed by atoms with Crippen molar-refractivity contribution in [2.24, 2.45) is 0 Å². The van der Waals surface area contributed by atoms with Crippen LogP contribution in [-0.4, -0.2) is 26.3 Å². The summed E-state index contributed by atoms with van der Waals surface area (Å²) in [5, 5.41) is 3.41. The van der Waals surface area contributed by atoms with Gasteiger partial charge in [-0.25, -0.2) is 0 Å². The van der Waals surface area contributed by atoms with Gasteiger partial charge in [0.2, 0.25) is 0 Å². The molecule has 18 heavy (non-hydrogen) atoms. The summed E-state index contributed by atoms with van der Waals surface area (Å²) >= 11 is 0. The summed E-state index contributed by atoms with van der Waals surface area (Å²) in [5.41, 5.74) is 4.14. The van der Waals surface area contributed by atoms with E-state index in [1.54, 1.807) is 0 Å². The molecule has 1 N–H and O–H groups in total. The minimum absolute atomic E-state index is 0.548. The van der Waals surface area contributed by atoms with Crippen molar-refractivity contribution in [3.05, 3.63) is 34.9 Å². The maximum absolute atomic E-state index is 5.39. The van der Waals surface area contributed by atoms with Gasteiger partial charge in [-0.3, -0.25) is 0 Å². The summed E-state index contributed by atoms with van der Waals surface area (Å²) in [6.45, 7) is 8.08. The zero-order valence-electron chi connectivity index (χ0n) is 12.3. The molecule has 0 amide bonds. The first-order valence-corrected chi connectivity index (χ1v) is 6.98. The van der Waals surface area contributed by atoms with Crippen molar-refractivity contribution in [1.82, 2.24) is 5.32 Å². The van der Waals surface area contributed by atoms with E-state index in [0.717, 1.165) is 26.1 Å². The summed E-state index contributed by atoms with van der Waals surface area (Å²) in [4.78, 5) is 0. The van der Waals surface area contributed by atoms with Crippen LogP contribution in [0.2, 0.25) is 0 Å². The Hall–Kier alpha value is -0.860. The molecule has 0 heterocycles. The second-order valence-electron chi connectivity index (χ2n) is 5.02. The number of hydrogen-bond donors (Lipinski definition) is 1. The van der Waals surface area contributed by atoms with Crippen LogP contribution >= 0.6 is 0 Å². The number of benzene rings is 1. The summed E-state index contributed by atoms with van der Waals surface area (Å²) in [5.74, 6) is 0. The van der Waals surface area contributed by atoms with Crippen LogP contribution in [0.15, 0.2) is 18.2 Å². The lowest BCUT2D eigenvalue weighted by molar-refractivity contribution is 0.141. The van der Waals surface area contributed by atoms with Crippen LogP contribution < -0.4 is 5.32 Å². The summed E-state index contributed by atoms with van der Waals surface area (Å²) in [6.07, 6.45) is 3.40. The van der Waals surface area contributed by atoms with Crippen LogP contribution in [0.4, 0.5) is 0 Å². The van der Waals surface area contributed by atoms with Gasteiger partial charge in [-0.05, 0) is 52.6 Å². The molecule has 0 spiro atoms. The molecule has 1 rings (SSSR count). The van der Waals surface area contributed by atoms with E-state index in [1.165, 1.54) is 23.1 Å². The normalized spacial score (nSPS) is 12.7. The summed E-state index contributed by atoms with van der Waals surface area (Å²) in [6, 6.07) is 7.36. The predicted molar refractivity (Wildman–Crippen MR) is 78.2 cm³/mol. The number of likely N-dealkylation sites (N-methyl/N-ethyl adjacent to an activating group) is 1. The van der Waals surface area contributed by atoms with Crippen molar-refractivity contribution in [1.29, 1.82) is 0 Å². The van der Waals surface area contributed by atoms with Gasteiger partial charge in [0.15, 0.2) is 0 Å². The highest BCUT2D eigenvalue weighted by atomic mass is 16.5. The molecular formula is C16H27NO. The molecule has 2 heteroatoms. The van der Waals surface area contributed by atoms with E-state index in [2.05, 4.69) is 37.4 Å². The van der Waals surface area contributed by atoms with Crippen molar-refractivity contribution >= 4 is 0 Å². The number of rotatable bonds is 8. The minimum atomic E-state index is 0.548. The van der Waals surface area contributed by atoms with Gasteiger partial charge < -0.3 is 10.1 Å². The third-order valence-electron chi connectivity index (χ3n) is 3.22. The second kappa shape index (κ2) is 8.28. The van der Waals surface area contributed by atoms with Crippen LogP contribution in [0.25, 0.3) is 0 Å². The van der Waals surface area contributed by atoms with Gasteiger partial charge in [0.25, 0.3) is 0 Å². The molecule has 0 aliphatic rings. The highest BCUT2D eigenvalue weighted by Gasteiger charge is 2.07. The molecule has 0 saturated carbocycles. The molecule has 0 aromatic heterocycles. The third kappa shape index (κ3) is 5.65. The topological polar surface area (TPSA) is 21.3 Å². The van der Waals surface area contributed by atoms with Crippen molar-refractivity contribution < 1.29 is 4.74 Å². The maximum atomic E-state index is 5.39. The molecule has 1 aromatic carbocycles. The fourth-order valence-corrected chi connectivity index (χ4v) is 2.40. The lowest BCUT2D eigenvalue weighted by Gasteiger charge is -2.17. The predicted octanol–water partition coefficient (Wildman–Crippen LogP) is 3.25. The third-order valence-corrected chi connectivity index (χ3v) is 3.22. The average molecular weight is 249 g/mol. The fourth-order valence-electron chi connectivity index (χ4n) is 2.40. The van der Waals surface area contributed by atoms with Crippen LogP contribution in [0.5, 0.6) is 0 Å². The first-order valence-electron chi connectivity index (χ1n) is 6.98. The number of aryl methyl sites for hydroxylation is 2. The minimum Gasteiger partial charge on any atom is -0.382 e. The molecular weight excluding hydrogens is 222 g/mol. The first-order chi connectivity index (χ1) is 8.65. The molecule has 1 atom stereocenters. The average Bonchev–Trinajstić information content (AvgIpc) is 2.32. The lowest BCUT2D eigenvalue weighted by Crippen LogP contribution is -2.28. The quantitative estimate of drug-likeness (QED) is 0.714. The van der Waals surface area contributed by atoms with Gasteiger partial charge in [-0.1, -0.05) is 29.3 Å². The Kier molecular flexibility index (Phi) is 6.99. The Balaban J connectivity index is 2.46. The van der Waals surface area contributed by atoms with E-state index in [4.69, 9.17) is 4.74 Å². The van der Waals surface area contributed by atoms with Crippen LogP contribution in [-0.2, 0) is 11.2 Å². The Morgan fingerprint density at radius 3 is 2.39 bits per heavy atom. The maximum Gasteiger partial charge on any atom is 0.0466 e. The van der Waals surface area contributed by atoms with Crippen LogP contribution in [0, 0.1) is 13.8 Å². The van der Waals surface area contributed by atoms with Crippen LogP contribution in [0.3, 0.4) is 0 Å². The van der Waals surface area contributed by atoms with E-state index in [0.29, 0.717) is 6.04 Å². The Morgan fingerprint density at radius 2 is 1.83 bits per heavy atom. The second-order valence-corrected chi connectivity index (χ2v) is 5.02. The SMILES string of the molecule is CCOCCCC(Cc1cc(C)cc(C)c1)NC. The van der Waals surface area contributed by atoms with Crippen LogP contribution in [0.1, 0.15) is 36.5 Å². The standard InChI is InChI=1S/C16H27NO/c1-5-18-8-6-7-16(17-4)12-15-10-13(2)9-14(3)11-15/h9-11,16-17H,5-8,12H2,1-4H3. The van der Waals surface area contributed by atoms with Crippen molar-refractivity contribution in [3.8, 4) is 0 Å². The van der Waals surface area contributed by atoms with Gasteiger partial charge >= 0.3 is 0 Å². The van der Waals surface area contributed by atoms with Gasteiger partial charge in [0.05, 0.1) is 0 Å². The monoisotopic (exact) mass is 249 g/mol. The highest BCUT2D eigenvalue weighted by Crippen LogP contribution is 2.12. The zero-order valence-corrected chi connectivity index (χ0v) is 12.3. The number of hydrogen-bond acceptors (Lipinski definition) is 2. The molecule has 0 bridgehead atoms. The zero-order chi connectivity index (χ0) is 13.4. The molecule has 0 fully saturated rings. The van der Waals surface area contributed by atoms with Gasteiger partial charge in [0.1, 0.15) is 0 Å². The molecule has 0 radical (unpaired) electrons. The molecule has 0 aliphatic carbocycles. The highest BCUT2D eigenvalue weighted by molar-refractivity contribution is 5.29.